The number of nitrogens with one attached hydrogen (secondary N) is 1. The number of fused-ring (bicyclic) bond motifs is 1. The van der Waals surface area contributed by atoms with Crippen LogP contribution in [0.2, 0.25) is 0 Å². The normalized spacial score (nSPS) is 12.8. The van der Waals surface area contributed by atoms with E-state index in [2.05, 4.69) is 35.0 Å². The second kappa shape index (κ2) is 6.62. The summed E-state index contributed by atoms with van der Waals surface area (Å²) in [6.07, 6.45) is 7.29. The predicted molar refractivity (Wildman–Crippen MR) is 90.9 cm³/mol. The van der Waals surface area contributed by atoms with Gasteiger partial charge in [-0.1, -0.05) is 18.2 Å². The van der Waals surface area contributed by atoms with E-state index in [9.17, 15) is 4.79 Å². The third-order valence-electron chi connectivity index (χ3n) is 3.45. The summed E-state index contributed by atoms with van der Waals surface area (Å²) in [4.78, 5) is 11.9. The van der Waals surface area contributed by atoms with Gasteiger partial charge in [-0.05, 0) is 47.9 Å². The van der Waals surface area contributed by atoms with Gasteiger partial charge in [0.15, 0.2) is 0 Å². The van der Waals surface area contributed by atoms with Gasteiger partial charge in [0.25, 0.3) is 0 Å². The molecule has 0 saturated carbocycles. The summed E-state index contributed by atoms with van der Waals surface area (Å²) < 4.78 is 6.24. The molecule has 3 nitrogen and oxygen atoms in total. The van der Waals surface area contributed by atoms with Gasteiger partial charge in [0.1, 0.15) is 0 Å². The Hall–Kier alpha value is -2.33. The van der Waals surface area contributed by atoms with E-state index in [4.69, 9.17) is 4.42 Å². The highest BCUT2D eigenvalue weighted by Gasteiger charge is 2.09. The van der Waals surface area contributed by atoms with Crippen molar-refractivity contribution in [1.82, 2.24) is 5.32 Å². The largest absolute Gasteiger partial charge is 0.472 e. The van der Waals surface area contributed by atoms with Crippen LogP contribution in [0.25, 0.3) is 16.2 Å². The molecule has 22 heavy (non-hydrogen) atoms. The topological polar surface area (TPSA) is 42.2 Å². The molecular formula is C18H17NO2S. The highest BCUT2D eigenvalue weighted by Crippen LogP contribution is 2.26. The quantitative estimate of drug-likeness (QED) is 0.716. The van der Waals surface area contributed by atoms with E-state index in [0.29, 0.717) is 0 Å². The van der Waals surface area contributed by atoms with Crippen LogP contribution in [-0.2, 0) is 11.2 Å². The lowest BCUT2D eigenvalue weighted by atomic mass is 10.1. The number of carbonyl (C=O) groups excluding carboxylic acids is 1. The van der Waals surface area contributed by atoms with Crippen LogP contribution in [0.3, 0.4) is 0 Å². The number of carbonyl (C=O) groups is 1. The molecule has 1 amide bonds. The maximum atomic E-state index is 11.9. The Morgan fingerprint density at radius 2 is 2.23 bits per heavy atom. The van der Waals surface area contributed by atoms with Gasteiger partial charge in [-0.2, -0.15) is 0 Å². The van der Waals surface area contributed by atoms with E-state index < -0.39 is 0 Å². The van der Waals surface area contributed by atoms with Crippen molar-refractivity contribution in [1.29, 1.82) is 0 Å². The maximum Gasteiger partial charge on any atom is 0.244 e. The summed E-state index contributed by atoms with van der Waals surface area (Å²) >= 11 is 1.75. The summed E-state index contributed by atoms with van der Waals surface area (Å²) in [6.45, 7) is 2.02. The summed E-state index contributed by atoms with van der Waals surface area (Å²) in [5, 5.41) is 6.45. The Morgan fingerprint density at radius 3 is 3.05 bits per heavy atom. The minimum atomic E-state index is -0.0896. The van der Waals surface area contributed by atoms with E-state index >= 15 is 0 Å². The molecule has 1 atom stereocenters. The third kappa shape index (κ3) is 3.46. The van der Waals surface area contributed by atoms with Gasteiger partial charge in [-0.15, -0.1) is 11.3 Å². The second-order valence-corrected chi connectivity index (χ2v) is 6.17. The van der Waals surface area contributed by atoms with Crippen LogP contribution in [0.4, 0.5) is 0 Å². The van der Waals surface area contributed by atoms with Crippen LogP contribution >= 0.6 is 11.3 Å². The zero-order valence-corrected chi connectivity index (χ0v) is 13.1. The molecule has 0 radical (unpaired) electrons. The lowest BCUT2D eigenvalue weighted by molar-refractivity contribution is -0.117. The second-order valence-electron chi connectivity index (χ2n) is 5.26. The molecule has 1 aromatic carbocycles. The lowest BCUT2D eigenvalue weighted by Gasteiger charge is -2.11. The van der Waals surface area contributed by atoms with Crippen molar-refractivity contribution in [2.75, 3.05) is 0 Å². The van der Waals surface area contributed by atoms with E-state index in [1.165, 1.54) is 21.7 Å². The van der Waals surface area contributed by atoms with Crippen LogP contribution in [0.1, 0.15) is 18.1 Å². The number of thiophene rings is 1. The molecule has 0 aliphatic heterocycles. The van der Waals surface area contributed by atoms with Crippen LogP contribution < -0.4 is 5.32 Å². The Bertz CT molecular complexity index is 786. The van der Waals surface area contributed by atoms with Crippen molar-refractivity contribution in [3.63, 3.8) is 0 Å². The maximum absolute atomic E-state index is 11.9. The first-order valence-electron chi connectivity index (χ1n) is 7.18. The van der Waals surface area contributed by atoms with Gasteiger partial charge >= 0.3 is 0 Å². The molecule has 0 fully saturated rings. The first-order valence-corrected chi connectivity index (χ1v) is 8.06. The first-order chi connectivity index (χ1) is 10.7. The Labute approximate surface area is 133 Å². The Balaban J connectivity index is 1.60. The number of rotatable bonds is 5. The van der Waals surface area contributed by atoms with Gasteiger partial charge in [0.05, 0.1) is 12.5 Å². The molecule has 2 heterocycles. The van der Waals surface area contributed by atoms with Gasteiger partial charge in [-0.25, -0.2) is 0 Å². The molecule has 1 N–H and O–H groups in total. The van der Waals surface area contributed by atoms with E-state index in [-0.39, 0.29) is 11.9 Å². The summed E-state index contributed by atoms with van der Waals surface area (Å²) in [5.74, 6) is -0.0896. The number of benzene rings is 1. The van der Waals surface area contributed by atoms with Crippen LogP contribution in [0.5, 0.6) is 0 Å². The van der Waals surface area contributed by atoms with Gasteiger partial charge in [-0.3, -0.25) is 4.79 Å². The number of amides is 1. The van der Waals surface area contributed by atoms with Gasteiger partial charge < -0.3 is 9.73 Å². The Kier molecular flexibility index (Phi) is 4.39. The van der Waals surface area contributed by atoms with Crippen LogP contribution in [0.15, 0.2) is 58.7 Å². The standard InChI is InChI=1S/C18H17NO2S/c1-13(19-18(20)7-6-14-8-9-21-11-14)10-15-12-22-17-5-3-2-4-16(15)17/h2-9,11-13H,10H2,1H3,(H,19,20)/b7-6+/t13-/m0/s1. The molecule has 3 aromatic rings. The van der Waals surface area contributed by atoms with E-state index in [1.54, 1.807) is 29.9 Å². The van der Waals surface area contributed by atoms with Crippen molar-refractivity contribution in [2.45, 2.75) is 19.4 Å². The number of hydrogen-bond acceptors (Lipinski definition) is 3. The zero-order valence-electron chi connectivity index (χ0n) is 12.3. The summed E-state index contributed by atoms with van der Waals surface area (Å²) in [5.41, 5.74) is 2.17. The van der Waals surface area contributed by atoms with Crippen molar-refractivity contribution in [3.05, 3.63) is 65.4 Å². The monoisotopic (exact) mass is 311 g/mol. The zero-order chi connectivity index (χ0) is 15.4. The van der Waals surface area contributed by atoms with Crippen molar-refractivity contribution >= 4 is 33.4 Å². The molecular weight excluding hydrogens is 294 g/mol. The summed E-state index contributed by atoms with van der Waals surface area (Å²) in [6, 6.07) is 10.3. The van der Waals surface area contributed by atoms with Crippen LogP contribution in [0, 0.1) is 0 Å². The predicted octanol–water partition coefficient (Wildman–Crippen LogP) is 4.25. The number of hydrogen-bond donors (Lipinski definition) is 1. The minimum absolute atomic E-state index is 0.0829. The summed E-state index contributed by atoms with van der Waals surface area (Å²) in [7, 11) is 0. The van der Waals surface area contributed by atoms with E-state index in [0.717, 1.165) is 12.0 Å². The highest BCUT2D eigenvalue weighted by molar-refractivity contribution is 7.17. The first kappa shape index (κ1) is 14.6. The molecule has 0 bridgehead atoms. The fourth-order valence-corrected chi connectivity index (χ4v) is 3.38. The Morgan fingerprint density at radius 1 is 1.36 bits per heavy atom. The molecule has 0 aliphatic rings. The minimum Gasteiger partial charge on any atom is -0.472 e. The van der Waals surface area contributed by atoms with Crippen molar-refractivity contribution in [3.8, 4) is 0 Å². The average molecular weight is 311 g/mol. The molecule has 2 aromatic heterocycles. The fraction of sp³-hybridized carbons (Fsp3) is 0.167. The fourth-order valence-electron chi connectivity index (χ4n) is 2.40. The van der Waals surface area contributed by atoms with Crippen molar-refractivity contribution in [2.24, 2.45) is 0 Å². The third-order valence-corrected chi connectivity index (χ3v) is 4.46. The SMILES string of the molecule is C[C@@H](Cc1csc2ccccc12)NC(=O)/C=C/c1ccoc1. The highest BCUT2D eigenvalue weighted by atomic mass is 32.1. The average Bonchev–Trinajstić information content (AvgIpc) is 3.15. The molecule has 0 saturated heterocycles. The van der Waals surface area contributed by atoms with Gasteiger partial charge in [0, 0.05) is 22.4 Å². The molecule has 0 spiro atoms. The smallest absolute Gasteiger partial charge is 0.244 e. The molecule has 4 heteroatoms. The molecule has 0 aliphatic carbocycles. The molecule has 112 valence electrons. The van der Waals surface area contributed by atoms with E-state index in [1.807, 2.05) is 13.0 Å². The lowest BCUT2D eigenvalue weighted by Crippen LogP contribution is -2.32. The van der Waals surface area contributed by atoms with Crippen LogP contribution in [-0.4, -0.2) is 11.9 Å². The molecule has 0 unspecified atom stereocenters. The number of furan rings is 1. The van der Waals surface area contributed by atoms with Gasteiger partial charge in [0.2, 0.25) is 5.91 Å². The molecule has 3 rings (SSSR count). The van der Waals surface area contributed by atoms with Crippen molar-refractivity contribution < 1.29 is 9.21 Å².